The van der Waals surface area contributed by atoms with Gasteiger partial charge in [-0.1, -0.05) is 23.3 Å². The van der Waals surface area contributed by atoms with E-state index < -0.39 is 0 Å². The number of phenolic OH excluding ortho intramolecular Hbond substituents is 6. The van der Waals surface area contributed by atoms with E-state index in [9.17, 15) is 30.6 Å². The Bertz CT molecular complexity index is 2100. The van der Waals surface area contributed by atoms with E-state index in [4.69, 9.17) is 0 Å². The molecule has 0 bridgehead atoms. The highest BCUT2D eigenvalue weighted by Gasteiger charge is 2.24. The average molecular weight is 639 g/mol. The van der Waals surface area contributed by atoms with Gasteiger partial charge in [0.15, 0.2) is 0 Å². The maximum absolute atomic E-state index is 11.9. The first-order chi connectivity index (χ1) is 22.7. The third kappa shape index (κ3) is 5.66. The van der Waals surface area contributed by atoms with E-state index in [0.717, 1.165) is 33.4 Å². The minimum Gasteiger partial charge on any atom is -0.507 e. The Balaban J connectivity index is 1.56. The van der Waals surface area contributed by atoms with Crippen molar-refractivity contribution in [1.82, 2.24) is 0 Å². The van der Waals surface area contributed by atoms with E-state index in [1.165, 1.54) is 0 Å². The van der Waals surface area contributed by atoms with Gasteiger partial charge >= 0.3 is 0 Å². The van der Waals surface area contributed by atoms with E-state index in [2.05, 4.69) is 0 Å². The molecule has 48 heavy (non-hydrogen) atoms. The van der Waals surface area contributed by atoms with Crippen LogP contribution < -0.4 is 0 Å². The molecule has 6 N–H and O–H groups in total. The molecule has 6 rings (SSSR count). The van der Waals surface area contributed by atoms with Crippen molar-refractivity contribution in [1.29, 1.82) is 0 Å². The summed E-state index contributed by atoms with van der Waals surface area (Å²) in [6.45, 7) is 11.3. The number of aromatic hydroxyl groups is 6. The molecule has 0 unspecified atom stereocenters. The first-order valence-corrected chi connectivity index (χ1v) is 15.7. The second-order valence-corrected chi connectivity index (χ2v) is 12.9. The van der Waals surface area contributed by atoms with Crippen LogP contribution in [0.3, 0.4) is 0 Å². The van der Waals surface area contributed by atoms with Crippen LogP contribution in [0.5, 0.6) is 34.5 Å². The van der Waals surface area contributed by atoms with Crippen LogP contribution in [0.4, 0.5) is 0 Å². The molecule has 6 aromatic carbocycles. The highest BCUT2D eigenvalue weighted by molar-refractivity contribution is 5.95. The molecule has 0 aliphatic rings. The molecular formula is C42H38O6. The van der Waals surface area contributed by atoms with Crippen molar-refractivity contribution in [2.75, 3.05) is 0 Å². The number of benzene rings is 6. The summed E-state index contributed by atoms with van der Waals surface area (Å²) >= 11 is 0. The lowest BCUT2D eigenvalue weighted by molar-refractivity contribution is 0.464. The lowest BCUT2D eigenvalue weighted by Gasteiger charge is -2.19. The highest BCUT2D eigenvalue weighted by Crippen LogP contribution is 2.51. The summed E-state index contributed by atoms with van der Waals surface area (Å²) in [7, 11) is 0. The predicted molar refractivity (Wildman–Crippen MR) is 192 cm³/mol. The van der Waals surface area contributed by atoms with Gasteiger partial charge in [-0.3, -0.25) is 0 Å². The topological polar surface area (TPSA) is 121 Å². The van der Waals surface area contributed by atoms with Gasteiger partial charge in [-0.25, -0.2) is 0 Å². The molecule has 0 spiro atoms. The van der Waals surface area contributed by atoms with Crippen LogP contribution in [0, 0.1) is 41.5 Å². The van der Waals surface area contributed by atoms with E-state index >= 15 is 0 Å². The predicted octanol–water partition coefficient (Wildman–Crippen LogP) is 10.1. The third-order valence-corrected chi connectivity index (χ3v) is 8.77. The maximum Gasteiger partial charge on any atom is 0.131 e. The van der Waals surface area contributed by atoms with E-state index in [0.29, 0.717) is 55.6 Å². The first-order valence-electron chi connectivity index (χ1n) is 15.7. The summed E-state index contributed by atoms with van der Waals surface area (Å²) in [5.74, 6) is -0.436. The number of hydrogen-bond acceptors (Lipinski definition) is 6. The standard InChI is InChI=1S/C42H38O6/c1-21-7-9-37(43)27(11-21)29-13-23(3)15-31(39(29)45)33-17-25(5)19-35(41(33)47)36-20-26(6)18-34(42(36)48)32-16-24(4)14-30(40(32)46)28-12-22(2)8-10-38(28)44/h7-20,43-48H,1-6H3. The SMILES string of the molecule is Cc1ccc(O)c(-c2cc(C)cc(-c3cc(C)cc(-c4cc(C)cc(-c5cc(C)cc(-c6cc(C)ccc6O)c5O)c4O)c3O)c2O)c1. The van der Waals surface area contributed by atoms with E-state index in [1.54, 1.807) is 84.9 Å². The molecule has 0 saturated heterocycles. The summed E-state index contributed by atoms with van der Waals surface area (Å²) in [6, 6.07) is 24.6. The van der Waals surface area contributed by atoms with E-state index in [-0.39, 0.29) is 34.5 Å². The molecule has 0 aromatic heterocycles. The molecule has 0 radical (unpaired) electrons. The molecular weight excluding hydrogens is 600 g/mol. The van der Waals surface area contributed by atoms with Crippen LogP contribution in [0.25, 0.3) is 55.6 Å². The van der Waals surface area contributed by atoms with Crippen LogP contribution in [-0.2, 0) is 0 Å². The number of hydrogen-bond donors (Lipinski definition) is 6. The fraction of sp³-hybridized carbons (Fsp3) is 0.143. The summed E-state index contributed by atoms with van der Waals surface area (Å²) in [5.41, 5.74) is 8.97. The summed E-state index contributed by atoms with van der Waals surface area (Å²) in [6.07, 6.45) is 0. The Morgan fingerprint density at radius 1 is 0.250 bits per heavy atom. The molecule has 0 aliphatic carbocycles. The molecule has 0 amide bonds. The van der Waals surface area contributed by atoms with Gasteiger partial charge in [-0.2, -0.15) is 0 Å². The van der Waals surface area contributed by atoms with Gasteiger partial charge in [0.05, 0.1) is 0 Å². The first kappa shape index (κ1) is 32.1. The molecule has 0 fully saturated rings. The van der Waals surface area contributed by atoms with Crippen molar-refractivity contribution in [3.8, 4) is 90.1 Å². The smallest absolute Gasteiger partial charge is 0.131 e. The molecule has 6 aromatic rings. The van der Waals surface area contributed by atoms with Crippen molar-refractivity contribution >= 4 is 0 Å². The minimum atomic E-state index is -0.147. The minimum absolute atomic E-state index is 0.0268. The van der Waals surface area contributed by atoms with Gasteiger partial charge in [-0.05, 0) is 137 Å². The molecule has 6 heteroatoms. The molecule has 0 atom stereocenters. The van der Waals surface area contributed by atoms with Crippen LogP contribution >= 0.6 is 0 Å². The second-order valence-electron chi connectivity index (χ2n) is 12.9. The third-order valence-electron chi connectivity index (χ3n) is 8.77. The average Bonchev–Trinajstić information content (AvgIpc) is 3.03. The number of phenols is 6. The van der Waals surface area contributed by atoms with Crippen LogP contribution in [-0.4, -0.2) is 30.6 Å². The Morgan fingerprint density at radius 3 is 0.667 bits per heavy atom. The summed E-state index contributed by atoms with van der Waals surface area (Å²) in [5, 5.41) is 68.3. The van der Waals surface area contributed by atoms with Gasteiger partial charge in [-0.15, -0.1) is 0 Å². The zero-order valence-corrected chi connectivity index (χ0v) is 27.8. The van der Waals surface area contributed by atoms with Crippen molar-refractivity contribution in [2.45, 2.75) is 41.5 Å². The molecule has 242 valence electrons. The van der Waals surface area contributed by atoms with Crippen molar-refractivity contribution in [3.63, 3.8) is 0 Å². The Kier molecular flexibility index (Phi) is 8.05. The Hall–Kier alpha value is -5.88. The van der Waals surface area contributed by atoms with Crippen LogP contribution in [0.15, 0.2) is 84.9 Å². The largest absolute Gasteiger partial charge is 0.507 e. The number of aryl methyl sites for hydroxylation is 6. The molecule has 0 aliphatic heterocycles. The van der Waals surface area contributed by atoms with Crippen molar-refractivity contribution < 1.29 is 30.6 Å². The normalized spacial score (nSPS) is 11.2. The zero-order chi connectivity index (χ0) is 34.6. The second kappa shape index (κ2) is 12.0. The summed E-state index contributed by atoms with van der Waals surface area (Å²) in [4.78, 5) is 0. The van der Waals surface area contributed by atoms with Crippen molar-refractivity contribution in [3.05, 3.63) is 118 Å². The van der Waals surface area contributed by atoms with Crippen LogP contribution in [0.2, 0.25) is 0 Å². The van der Waals surface area contributed by atoms with Gasteiger partial charge in [0.1, 0.15) is 34.5 Å². The summed E-state index contributed by atoms with van der Waals surface area (Å²) < 4.78 is 0. The Morgan fingerprint density at radius 2 is 0.438 bits per heavy atom. The van der Waals surface area contributed by atoms with Crippen molar-refractivity contribution in [2.24, 2.45) is 0 Å². The lowest BCUT2D eigenvalue weighted by atomic mass is 9.88. The van der Waals surface area contributed by atoms with Gasteiger partial charge in [0.2, 0.25) is 0 Å². The lowest BCUT2D eigenvalue weighted by Crippen LogP contribution is -1.93. The fourth-order valence-corrected chi connectivity index (χ4v) is 6.49. The van der Waals surface area contributed by atoms with Gasteiger partial charge in [0.25, 0.3) is 0 Å². The Labute approximate surface area is 280 Å². The molecule has 0 heterocycles. The van der Waals surface area contributed by atoms with Gasteiger partial charge in [0, 0.05) is 55.6 Å². The van der Waals surface area contributed by atoms with Crippen LogP contribution in [0.1, 0.15) is 33.4 Å². The highest BCUT2D eigenvalue weighted by atomic mass is 16.3. The monoisotopic (exact) mass is 638 g/mol. The maximum atomic E-state index is 11.9. The molecule has 0 saturated carbocycles. The number of rotatable bonds is 5. The zero-order valence-electron chi connectivity index (χ0n) is 27.8. The van der Waals surface area contributed by atoms with Gasteiger partial charge < -0.3 is 30.6 Å². The fourth-order valence-electron chi connectivity index (χ4n) is 6.49. The van der Waals surface area contributed by atoms with E-state index in [1.807, 2.05) is 41.5 Å². The molecule has 6 nitrogen and oxygen atoms in total. The quantitative estimate of drug-likeness (QED) is 0.112.